The maximum absolute atomic E-state index is 3.57. The topological polar surface area (TPSA) is 12.0 Å². The molecule has 0 aliphatic rings. The van der Waals surface area contributed by atoms with Crippen LogP contribution in [0.5, 0.6) is 0 Å². The fourth-order valence-corrected chi connectivity index (χ4v) is 3.92. The van der Waals surface area contributed by atoms with Crippen LogP contribution in [0.15, 0.2) is 15.9 Å². The van der Waals surface area contributed by atoms with Crippen LogP contribution in [0.4, 0.5) is 0 Å². The highest BCUT2D eigenvalue weighted by atomic mass is 79.9. The first-order chi connectivity index (χ1) is 7.40. The van der Waals surface area contributed by atoms with Gasteiger partial charge in [0.1, 0.15) is 0 Å². The van der Waals surface area contributed by atoms with Crippen LogP contribution >= 0.6 is 39.0 Å². The second-order valence-electron chi connectivity index (χ2n) is 4.77. The van der Waals surface area contributed by atoms with Crippen LogP contribution in [0.25, 0.3) is 0 Å². The molecule has 92 valence electrons. The van der Waals surface area contributed by atoms with Crippen molar-refractivity contribution in [1.82, 2.24) is 5.32 Å². The lowest BCUT2D eigenvalue weighted by Gasteiger charge is -2.19. The molecule has 1 nitrogen and oxygen atoms in total. The van der Waals surface area contributed by atoms with E-state index in [9.17, 15) is 0 Å². The van der Waals surface area contributed by atoms with E-state index in [0.29, 0.717) is 10.8 Å². The lowest BCUT2D eigenvalue weighted by atomic mass is 10.3. The largest absolute Gasteiger partial charge is 0.309 e. The van der Waals surface area contributed by atoms with Gasteiger partial charge in [0.25, 0.3) is 0 Å². The molecule has 0 fully saturated rings. The van der Waals surface area contributed by atoms with Crippen LogP contribution in [0.2, 0.25) is 0 Å². The zero-order chi connectivity index (χ0) is 12.2. The van der Waals surface area contributed by atoms with Gasteiger partial charge in [0.15, 0.2) is 0 Å². The standard InChI is InChI=1S/C12H20BrNS2/c1-9(11-10(13)5-7-15-11)14-6-8-16-12(2,3)4/h5,7,9,14H,6,8H2,1-4H3. The number of rotatable bonds is 5. The molecule has 0 spiro atoms. The van der Waals surface area contributed by atoms with Crippen molar-refractivity contribution in [3.05, 3.63) is 20.8 Å². The molecular formula is C12H20BrNS2. The molecule has 16 heavy (non-hydrogen) atoms. The summed E-state index contributed by atoms with van der Waals surface area (Å²) in [5.41, 5.74) is 0. The quantitative estimate of drug-likeness (QED) is 0.789. The van der Waals surface area contributed by atoms with E-state index in [0.717, 1.165) is 12.3 Å². The van der Waals surface area contributed by atoms with E-state index in [1.165, 1.54) is 9.35 Å². The first-order valence-corrected chi connectivity index (χ1v) is 8.16. The summed E-state index contributed by atoms with van der Waals surface area (Å²) in [6, 6.07) is 2.55. The molecule has 0 radical (unpaired) electrons. The first-order valence-electron chi connectivity index (χ1n) is 5.50. The van der Waals surface area contributed by atoms with Crippen molar-refractivity contribution in [3.8, 4) is 0 Å². The molecule has 1 aromatic rings. The van der Waals surface area contributed by atoms with Crippen LogP contribution in [-0.2, 0) is 0 Å². The van der Waals surface area contributed by atoms with Gasteiger partial charge in [0.05, 0.1) is 0 Å². The molecule has 1 heterocycles. The van der Waals surface area contributed by atoms with E-state index in [1.54, 1.807) is 11.3 Å². The van der Waals surface area contributed by atoms with Gasteiger partial charge in [-0.15, -0.1) is 11.3 Å². The Labute approximate surface area is 116 Å². The monoisotopic (exact) mass is 321 g/mol. The molecule has 0 aliphatic carbocycles. The number of halogens is 1. The number of nitrogens with one attached hydrogen (secondary N) is 1. The van der Waals surface area contributed by atoms with Crippen LogP contribution in [0, 0.1) is 0 Å². The lowest BCUT2D eigenvalue weighted by Crippen LogP contribution is -2.22. The predicted octanol–water partition coefficient (Wildman–Crippen LogP) is 4.69. The van der Waals surface area contributed by atoms with Crippen LogP contribution in [-0.4, -0.2) is 17.0 Å². The van der Waals surface area contributed by atoms with Gasteiger partial charge in [-0.05, 0) is 34.3 Å². The molecule has 4 heteroatoms. The Balaban J connectivity index is 2.26. The number of hydrogen-bond acceptors (Lipinski definition) is 3. The minimum atomic E-state index is 0.369. The third-order valence-electron chi connectivity index (χ3n) is 2.13. The number of hydrogen-bond donors (Lipinski definition) is 1. The normalized spacial score (nSPS) is 14.1. The first kappa shape index (κ1) is 14.6. The Morgan fingerprint density at radius 1 is 1.50 bits per heavy atom. The summed E-state index contributed by atoms with van der Waals surface area (Å²) in [5, 5.41) is 5.68. The third-order valence-corrected chi connectivity index (χ3v) is 5.45. The average molecular weight is 322 g/mol. The van der Waals surface area contributed by atoms with Crippen molar-refractivity contribution in [2.75, 3.05) is 12.3 Å². The van der Waals surface area contributed by atoms with E-state index in [-0.39, 0.29) is 0 Å². The molecule has 0 saturated heterocycles. The van der Waals surface area contributed by atoms with E-state index in [1.807, 2.05) is 11.8 Å². The highest BCUT2D eigenvalue weighted by Crippen LogP contribution is 2.29. The molecule has 0 aromatic carbocycles. The van der Waals surface area contributed by atoms with Gasteiger partial charge in [-0.2, -0.15) is 11.8 Å². The molecule has 1 atom stereocenters. The van der Waals surface area contributed by atoms with Crippen LogP contribution in [0.3, 0.4) is 0 Å². The highest BCUT2D eigenvalue weighted by molar-refractivity contribution is 9.10. The van der Waals surface area contributed by atoms with Gasteiger partial charge in [-0.25, -0.2) is 0 Å². The summed E-state index contributed by atoms with van der Waals surface area (Å²) >= 11 is 7.38. The van der Waals surface area contributed by atoms with Crippen molar-refractivity contribution >= 4 is 39.0 Å². The number of thioether (sulfide) groups is 1. The Morgan fingerprint density at radius 3 is 2.69 bits per heavy atom. The van der Waals surface area contributed by atoms with Gasteiger partial charge in [-0.3, -0.25) is 0 Å². The second-order valence-corrected chi connectivity index (χ2v) is 8.49. The molecule has 0 saturated carbocycles. The van der Waals surface area contributed by atoms with Crippen molar-refractivity contribution in [1.29, 1.82) is 0 Å². The van der Waals surface area contributed by atoms with Crippen molar-refractivity contribution < 1.29 is 0 Å². The molecule has 1 N–H and O–H groups in total. The molecular weight excluding hydrogens is 302 g/mol. The zero-order valence-corrected chi connectivity index (χ0v) is 13.6. The Kier molecular flexibility index (Phi) is 5.85. The van der Waals surface area contributed by atoms with Crippen molar-refractivity contribution in [2.45, 2.75) is 38.5 Å². The smallest absolute Gasteiger partial charge is 0.0397 e. The summed E-state index contributed by atoms with van der Waals surface area (Å²) in [5.74, 6) is 1.16. The minimum absolute atomic E-state index is 0.369. The highest BCUT2D eigenvalue weighted by Gasteiger charge is 2.12. The van der Waals surface area contributed by atoms with Crippen molar-refractivity contribution in [3.63, 3.8) is 0 Å². The molecule has 0 bridgehead atoms. The van der Waals surface area contributed by atoms with Crippen LogP contribution < -0.4 is 5.32 Å². The lowest BCUT2D eigenvalue weighted by molar-refractivity contribution is 0.607. The van der Waals surface area contributed by atoms with E-state index in [4.69, 9.17) is 0 Å². The predicted molar refractivity (Wildman–Crippen MR) is 80.6 cm³/mol. The third kappa shape index (κ3) is 5.21. The van der Waals surface area contributed by atoms with Gasteiger partial charge >= 0.3 is 0 Å². The molecule has 0 amide bonds. The summed E-state index contributed by atoms with van der Waals surface area (Å²) in [4.78, 5) is 1.39. The summed E-state index contributed by atoms with van der Waals surface area (Å²) in [6.45, 7) is 10.1. The van der Waals surface area contributed by atoms with Gasteiger partial charge < -0.3 is 5.32 Å². The minimum Gasteiger partial charge on any atom is -0.309 e. The van der Waals surface area contributed by atoms with Gasteiger partial charge in [-0.1, -0.05) is 20.8 Å². The number of thiophene rings is 1. The zero-order valence-electron chi connectivity index (χ0n) is 10.3. The molecule has 0 aliphatic heterocycles. The summed E-state index contributed by atoms with van der Waals surface area (Å²) in [6.07, 6.45) is 0. The molecule has 1 rings (SSSR count). The Hall–Kier alpha value is 0.490. The van der Waals surface area contributed by atoms with E-state index < -0.39 is 0 Å². The van der Waals surface area contributed by atoms with E-state index >= 15 is 0 Å². The molecule has 1 unspecified atom stereocenters. The van der Waals surface area contributed by atoms with Crippen molar-refractivity contribution in [2.24, 2.45) is 0 Å². The SMILES string of the molecule is CC(NCCSC(C)(C)C)c1sccc1Br. The summed E-state index contributed by atoms with van der Waals surface area (Å²) < 4.78 is 1.59. The fraction of sp³-hybridized carbons (Fsp3) is 0.667. The Morgan fingerprint density at radius 2 is 2.19 bits per heavy atom. The van der Waals surface area contributed by atoms with Gasteiger partial charge in [0, 0.05) is 32.4 Å². The molecule has 1 aromatic heterocycles. The van der Waals surface area contributed by atoms with Crippen LogP contribution in [0.1, 0.15) is 38.6 Å². The second kappa shape index (κ2) is 6.43. The fourth-order valence-electron chi connectivity index (χ4n) is 1.34. The van der Waals surface area contributed by atoms with E-state index in [2.05, 4.69) is 60.4 Å². The summed E-state index contributed by atoms with van der Waals surface area (Å²) in [7, 11) is 0. The maximum Gasteiger partial charge on any atom is 0.0397 e. The maximum atomic E-state index is 3.57. The van der Waals surface area contributed by atoms with Gasteiger partial charge in [0.2, 0.25) is 0 Å². The Bertz CT molecular complexity index is 317. The average Bonchev–Trinajstić information content (AvgIpc) is 2.57.